The fourth-order valence-electron chi connectivity index (χ4n) is 3.21. The van der Waals surface area contributed by atoms with Crippen LogP contribution >= 0.6 is 23.4 Å². The Morgan fingerprint density at radius 3 is 2.72 bits per heavy atom. The minimum Gasteiger partial charge on any atom is -0.467 e. The summed E-state index contributed by atoms with van der Waals surface area (Å²) in [6.07, 6.45) is 1.60. The van der Waals surface area contributed by atoms with Gasteiger partial charge in [-0.25, -0.2) is 0 Å². The van der Waals surface area contributed by atoms with E-state index in [-0.39, 0.29) is 17.2 Å². The lowest BCUT2D eigenvalue weighted by Gasteiger charge is -2.23. The summed E-state index contributed by atoms with van der Waals surface area (Å²) in [5.74, 6) is 1.06. The smallest absolute Gasteiger partial charge is 0.255 e. The van der Waals surface area contributed by atoms with Crippen LogP contribution in [0.2, 0.25) is 5.02 Å². The first kappa shape index (κ1) is 19.6. The molecule has 1 N–H and O–H groups in total. The molecule has 148 valence electrons. The van der Waals surface area contributed by atoms with Gasteiger partial charge in [-0.1, -0.05) is 29.8 Å². The topological polar surface area (TPSA) is 62.6 Å². The summed E-state index contributed by atoms with van der Waals surface area (Å²) in [5.41, 5.74) is 3.03. The minimum atomic E-state index is -0.204. The first-order chi connectivity index (χ1) is 14.0. The van der Waals surface area contributed by atoms with E-state index < -0.39 is 0 Å². The highest BCUT2D eigenvalue weighted by Crippen LogP contribution is 2.39. The molecule has 5 nitrogen and oxygen atoms in total. The SMILES string of the molecule is Cc1c(Cl)cccc1NC(=O)c1ccc([C@@H]2SCC(=O)N2Cc2ccco2)cc1. The molecule has 2 amide bonds. The Balaban J connectivity index is 1.49. The predicted molar refractivity (Wildman–Crippen MR) is 115 cm³/mol. The van der Waals surface area contributed by atoms with E-state index >= 15 is 0 Å². The van der Waals surface area contributed by atoms with Crippen molar-refractivity contribution in [3.63, 3.8) is 0 Å². The number of hydrogen-bond acceptors (Lipinski definition) is 4. The average Bonchev–Trinajstić information content (AvgIpc) is 3.36. The molecular weight excluding hydrogens is 408 g/mol. The highest BCUT2D eigenvalue weighted by Gasteiger charge is 2.33. The average molecular weight is 427 g/mol. The number of thioether (sulfide) groups is 1. The number of rotatable bonds is 5. The van der Waals surface area contributed by atoms with Gasteiger partial charge in [0.25, 0.3) is 5.91 Å². The molecule has 1 fully saturated rings. The van der Waals surface area contributed by atoms with Gasteiger partial charge in [-0.15, -0.1) is 11.8 Å². The normalized spacial score (nSPS) is 16.3. The van der Waals surface area contributed by atoms with Crippen LogP contribution in [0.5, 0.6) is 0 Å². The number of benzene rings is 2. The summed E-state index contributed by atoms with van der Waals surface area (Å²) < 4.78 is 5.39. The van der Waals surface area contributed by atoms with E-state index in [2.05, 4.69) is 5.32 Å². The number of anilines is 1. The molecule has 0 unspecified atom stereocenters. The molecule has 0 radical (unpaired) electrons. The van der Waals surface area contributed by atoms with Crippen molar-refractivity contribution in [2.45, 2.75) is 18.8 Å². The second kappa shape index (κ2) is 8.35. The molecule has 3 aromatic rings. The van der Waals surface area contributed by atoms with E-state index in [4.69, 9.17) is 16.0 Å². The van der Waals surface area contributed by atoms with Gasteiger partial charge in [-0.2, -0.15) is 0 Å². The Labute approximate surface area is 178 Å². The van der Waals surface area contributed by atoms with Gasteiger partial charge < -0.3 is 14.6 Å². The molecule has 1 atom stereocenters. The number of nitrogens with zero attached hydrogens (tertiary/aromatic N) is 1. The Bertz CT molecular complexity index is 1030. The molecular formula is C22H19ClN2O3S. The molecule has 1 aromatic heterocycles. The van der Waals surface area contributed by atoms with E-state index in [0.717, 1.165) is 16.9 Å². The van der Waals surface area contributed by atoms with Crippen LogP contribution in [0.3, 0.4) is 0 Å². The first-order valence-corrected chi connectivity index (χ1v) is 10.6. The van der Waals surface area contributed by atoms with Crippen LogP contribution in [0.15, 0.2) is 65.3 Å². The molecule has 0 spiro atoms. The lowest BCUT2D eigenvalue weighted by molar-refractivity contribution is -0.128. The summed E-state index contributed by atoms with van der Waals surface area (Å²) in [4.78, 5) is 26.7. The number of hydrogen-bond donors (Lipinski definition) is 1. The van der Waals surface area contributed by atoms with Crippen LogP contribution < -0.4 is 5.32 Å². The van der Waals surface area contributed by atoms with Crippen molar-refractivity contribution in [1.29, 1.82) is 0 Å². The highest BCUT2D eigenvalue weighted by molar-refractivity contribution is 8.00. The molecule has 7 heteroatoms. The number of carbonyl (C=O) groups excluding carboxylic acids is 2. The van der Waals surface area contributed by atoms with Crippen LogP contribution in [0, 0.1) is 6.92 Å². The fraction of sp³-hybridized carbons (Fsp3) is 0.182. The Kier molecular flexibility index (Phi) is 5.65. The summed E-state index contributed by atoms with van der Waals surface area (Å²) in [6, 6.07) is 16.4. The zero-order chi connectivity index (χ0) is 20.4. The quantitative estimate of drug-likeness (QED) is 0.603. The molecule has 2 heterocycles. The maximum Gasteiger partial charge on any atom is 0.255 e. The second-order valence-electron chi connectivity index (χ2n) is 6.75. The van der Waals surface area contributed by atoms with Crippen molar-refractivity contribution in [3.05, 3.63) is 88.3 Å². The third-order valence-electron chi connectivity index (χ3n) is 4.85. The van der Waals surface area contributed by atoms with Gasteiger partial charge in [0.05, 0.1) is 18.6 Å². The molecule has 1 aliphatic heterocycles. The van der Waals surface area contributed by atoms with Crippen LogP contribution in [0.4, 0.5) is 5.69 Å². The first-order valence-electron chi connectivity index (χ1n) is 9.13. The Morgan fingerprint density at radius 1 is 1.21 bits per heavy atom. The molecule has 0 aliphatic carbocycles. The Morgan fingerprint density at radius 2 is 2.00 bits per heavy atom. The lowest BCUT2D eigenvalue weighted by Crippen LogP contribution is -2.27. The molecule has 4 rings (SSSR count). The van der Waals surface area contributed by atoms with Crippen LogP contribution in [0.1, 0.15) is 32.6 Å². The van der Waals surface area contributed by atoms with Crippen molar-refractivity contribution >= 4 is 40.9 Å². The van der Waals surface area contributed by atoms with Gasteiger partial charge in [-0.05, 0) is 54.4 Å². The third kappa shape index (κ3) is 4.18. The summed E-state index contributed by atoms with van der Waals surface area (Å²) >= 11 is 7.69. The van der Waals surface area contributed by atoms with E-state index in [1.165, 1.54) is 0 Å². The maximum absolute atomic E-state index is 12.6. The van der Waals surface area contributed by atoms with E-state index in [9.17, 15) is 9.59 Å². The summed E-state index contributed by atoms with van der Waals surface area (Å²) in [5, 5.41) is 3.41. The van der Waals surface area contributed by atoms with Gasteiger partial charge in [0.15, 0.2) is 0 Å². The van der Waals surface area contributed by atoms with Gasteiger partial charge >= 0.3 is 0 Å². The van der Waals surface area contributed by atoms with Crippen molar-refractivity contribution in [2.75, 3.05) is 11.1 Å². The zero-order valence-corrected chi connectivity index (χ0v) is 17.3. The molecule has 1 aliphatic rings. The minimum absolute atomic E-state index is 0.0784. The molecule has 1 saturated heterocycles. The van der Waals surface area contributed by atoms with Crippen LogP contribution in [-0.4, -0.2) is 22.5 Å². The van der Waals surface area contributed by atoms with Crippen molar-refractivity contribution in [2.24, 2.45) is 0 Å². The van der Waals surface area contributed by atoms with Gasteiger partial charge in [0.1, 0.15) is 11.1 Å². The molecule has 0 saturated carbocycles. The monoisotopic (exact) mass is 426 g/mol. The van der Waals surface area contributed by atoms with Gasteiger partial charge in [0, 0.05) is 16.3 Å². The molecule has 29 heavy (non-hydrogen) atoms. The fourth-order valence-corrected chi connectivity index (χ4v) is 4.57. The number of halogens is 1. The number of nitrogens with one attached hydrogen (secondary N) is 1. The largest absolute Gasteiger partial charge is 0.467 e. The number of amides is 2. The zero-order valence-electron chi connectivity index (χ0n) is 15.7. The van der Waals surface area contributed by atoms with Crippen molar-refractivity contribution in [3.8, 4) is 0 Å². The van der Waals surface area contributed by atoms with E-state index in [1.54, 1.807) is 47.2 Å². The Hall–Kier alpha value is -2.70. The standard InChI is InChI=1S/C22H19ClN2O3S/c1-14-18(23)5-2-6-19(14)24-21(27)15-7-9-16(10-8-15)22-25(20(26)13-29-22)12-17-4-3-11-28-17/h2-11,22H,12-13H2,1H3,(H,24,27)/t22-/m0/s1. The maximum atomic E-state index is 12.6. The van der Waals surface area contributed by atoms with Crippen LogP contribution in [0.25, 0.3) is 0 Å². The summed E-state index contributed by atoms with van der Waals surface area (Å²) in [6.45, 7) is 2.29. The highest BCUT2D eigenvalue weighted by atomic mass is 35.5. The third-order valence-corrected chi connectivity index (χ3v) is 6.51. The van der Waals surface area contributed by atoms with Gasteiger partial charge in [-0.3, -0.25) is 9.59 Å². The van der Waals surface area contributed by atoms with E-state index in [1.807, 2.05) is 37.3 Å². The lowest BCUT2D eigenvalue weighted by atomic mass is 10.1. The number of carbonyl (C=O) groups is 2. The van der Waals surface area contributed by atoms with Crippen molar-refractivity contribution < 1.29 is 14.0 Å². The summed E-state index contributed by atoms with van der Waals surface area (Å²) in [7, 11) is 0. The molecule has 0 bridgehead atoms. The van der Waals surface area contributed by atoms with Crippen LogP contribution in [-0.2, 0) is 11.3 Å². The predicted octanol–water partition coefficient (Wildman–Crippen LogP) is 5.27. The van der Waals surface area contributed by atoms with E-state index in [0.29, 0.717) is 28.6 Å². The number of furan rings is 1. The van der Waals surface area contributed by atoms with Crippen molar-refractivity contribution in [1.82, 2.24) is 4.90 Å². The van der Waals surface area contributed by atoms with Gasteiger partial charge in [0.2, 0.25) is 5.91 Å². The molecule has 2 aromatic carbocycles. The second-order valence-corrected chi connectivity index (χ2v) is 8.23.